The van der Waals surface area contributed by atoms with Gasteiger partial charge < -0.3 is 35.8 Å². The lowest BCUT2D eigenvalue weighted by Gasteiger charge is -2.43. The lowest BCUT2D eigenvalue weighted by Crippen LogP contribution is -2.65. The van der Waals surface area contributed by atoms with Crippen LogP contribution < -0.4 is 10.6 Å². The Morgan fingerprint density at radius 1 is 1.17 bits per heavy atom. The Balaban J connectivity index is 2.19. The molecule has 5 atom stereocenters. The summed E-state index contributed by atoms with van der Waals surface area (Å²) >= 11 is 0. The van der Waals surface area contributed by atoms with Crippen molar-refractivity contribution in [2.45, 2.75) is 37.5 Å². The van der Waals surface area contributed by atoms with E-state index in [-0.39, 0.29) is 5.56 Å². The second-order valence-corrected chi connectivity index (χ2v) is 5.51. The van der Waals surface area contributed by atoms with Crippen LogP contribution in [0.1, 0.15) is 17.3 Å². The first-order valence-corrected chi connectivity index (χ1v) is 7.33. The highest BCUT2D eigenvalue weighted by Crippen LogP contribution is 2.23. The monoisotopic (exact) mass is 340 g/mol. The number of aliphatic hydroxyl groups excluding tert-OH is 3. The molecule has 1 heterocycles. The molecule has 0 spiro atoms. The number of amides is 1. The van der Waals surface area contributed by atoms with Gasteiger partial charge in [0.15, 0.2) is 6.23 Å². The minimum Gasteiger partial charge on any atom is -0.478 e. The molecule has 6 N–H and O–H groups in total. The SMILES string of the molecule is CC(=O)N[C@H]1[C@H](O)[C@@H](O)[C@@H](CO)O[C@H]1Nc1ccc(C(=O)O)cc1. The molecule has 24 heavy (non-hydrogen) atoms. The predicted molar refractivity (Wildman–Crippen MR) is 82.4 cm³/mol. The van der Waals surface area contributed by atoms with E-state index in [9.17, 15) is 24.9 Å². The van der Waals surface area contributed by atoms with Crippen molar-refractivity contribution in [3.05, 3.63) is 29.8 Å². The van der Waals surface area contributed by atoms with E-state index >= 15 is 0 Å². The summed E-state index contributed by atoms with van der Waals surface area (Å²) in [5.41, 5.74) is 0.591. The summed E-state index contributed by atoms with van der Waals surface area (Å²) < 4.78 is 5.51. The van der Waals surface area contributed by atoms with Crippen molar-refractivity contribution in [2.75, 3.05) is 11.9 Å². The third-order valence-electron chi connectivity index (χ3n) is 3.74. The van der Waals surface area contributed by atoms with Gasteiger partial charge in [0.25, 0.3) is 0 Å². The van der Waals surface area contributed by atoms with E-state index in [1.807, 2.05) is 0 Å². The topological polar surface area (TPSA) is 148 Å². The lowest BCUT2D eigenvalue weighted by atomic mass is 9.95. The van der Waals surface area contributed by atoms with Gasteiger partial charge in [0.05, 0.1) is 12.2 Å². The average molecular weight is 340 g/mol. The number of carboxylic acids is 1. The molecule has 1 aliphatic heterocycles. The van der Waals surface area contributed by atoms with Crippen LogP contribution >= 0.6 is 0 Å². The molecule has 0 aliphatic carbocycles. The number of carbonyl (C=O) groups excluding carboxylic acids is 1. The average Bonchev–Trinajstić information content (AvgIpc) is 2.54. The van der Waals surface area contributed by atoms with Crippen molar-refractivity contribution in [3.63, 3.8) is 0 Å². The van der Waals surface area contributed by atoms with E-state index in [1.54, 1.807) is 0 Å². The Kier molecular flexibility index (Phi) is 5.73. The summed E-state index contributed by atoms with van der Waals surface area (Å²) in [6, 6.07) is 4.82. The van der Waals surface area contributed by atoms with Crippen LogP contribution in [0.2, 0.25) is 0 Å². The van der Waals surface area contributed by atoms with Crippen molar-refractivity contribution in [1.82, 2.24) is 5.32 Å². The maximum absolute atomic E-state index is 11.3. The van der Waals surface area contributed by atoms with Crippen molar-refractivity contribution in [1.29, 1.82) is 0 Å². The smallest absolute Gasteiger partial charge is 0.335 e. The third kappa shape index (κ3) is 4.01. The van der Waals surface area contributed by atoms with Crippen molar-refractivity contribution in [2.24, 2.45) is 0 Å². The quantitative estimate of drug-likeness (QED) is 0.389. The van der Waals surface area contributed by atoms with Gasteiger partial charge in [-0.1, -0.05) is 0 Å². The van der Waals surface area contributed by atoms with Crippen LogP contribution in [0.4, 0.5) is 5.69 Å². The van der Waals surface area contributed by atoms with Gasteiger partial charge in [-0.2, -0.15) is 0 Å². The number of aliphatic hydroxyl groups is 3. The van der Waals surface area contributed by atoms with Crippen LogP contribution in [0.3, 0.4) is 0 Å². The zero-order valence-electron chi connectivity index (χ0n) is 12.9. The number of carbonyl (C=O) groups is 2. The van der Waals surface area contributed by atoms with Crippen molar-refractivity contribution >= 4 is 17.6 Å². The molecule has 9 nitrogen and oxygen atoms in total. The zero-order valence-corrected chi connectivity index (χ0v) is 12.9. The van der Waals surface area contributed by atoms with Crippen molar-refractivity contribution in [3.8, 4) is 0 Å². The highest BCUT2D eigenvalue weighted by Gasteiger charge is 2.44. The molecule has 0 saturated carbocycles. The second-order valence-electron chi connectivity index (χ2n) is 5.51. The molecule has 2 rings (SSSR count). The number of aromatic carboxylic acids is 1. The lowest BCUT2D eigenvalue weighted by molar-refractivity contribution is -0.188. The van der Waals surface area contributed by atoms with Gasteiger partial charge in [0, 0.05) is 12.6 Å². The molecule has 1 fully saturated rings. The fourth-order valence-electron chi connectivity index (χ4n) is 2.51. The number of ether oxygens (including phenoxy) is 1. The third-order valence-corrected chi connectivity index (χ3v) is 3.74. The van der Waals surface area contributed by atoms with Crippen LogP contribution in [0, 0.1) is 0 Å². The molecule has 9 heteroatoms. The van der Waals surface area contributed by atoms with E-state index in [0.717, 1.165) is 0 Å². The Morgan fingerprint density at radius 2 is 1.79 bits per heavy atom. The van der Waals surface area contributed by atoms with Crippen LogP contribution in [0.25, 0.3) is 0 Å². The number of hydrogen-bond acceptors (Lipinski definition) is 7. The summed E-state index contributed by atoms with van der Waals surface area (Å²) in [7, 11) is 0. The molecule has 1 aliphatic rings. The summed E-state index contributed by atoms with van der Waals surface area (Å²) in [4.78, 5) is 22.2. The summed E-state index contributed by atoms with van der Waals surface area (Å²) in [5.74, 6) is -1.49. The van der Waals surface area contributed by atoms with Crippen molar-refractivity contribution < 1.29 is 34.8 Å². The summed E-state index contributed by atoms with van der Waals surface area (Å²) in [6.07, 6.45) is -4.67. The first-order valence-electron chi connectivity index (χ1n) is 7.33. The van der Waals surface area contributed by atoms with E-state index in [1.165, 1.54) is 31.2 Å². The molecule has 0 bridgehead atoms. The molecule has 1 saturated heterocycles. The molecule has 0 unspecified atom stereocenters. The van der Waals surface area contributed by atoms with Crippen LogP contribution in [0.15, 0.2) is 24.3 Å². The maximum Gasteiger partial charge on any atom is 0.335 e. The summed E-state index contributed by atoms with van der Waals surface area (Å²) in [5, 5.41) is 43.6. The van der Waals surface area contributed by atoms with E-state index in [4.69, 9.17) is 9.84 Å². The first-order chi connectivity index (χ1) is 11.3. The molecule has 1 aromatic rings. The van der Waals surface area contributed by atoms with Gasteiger partial charge in [-0.3, -0.25) is 4.79 Å². The molecule has 132 valence electrons. The van der Waals surface area contributed by atoms with E-state index < -0.39 is 49.1 Å². The number of anilines is 1. The van der Waals surface area contributed by atoms with Crippen LogP contribution in [-0.2, 0) is 9.53 Å². The zero-order chi connectivity index (χ0) is 17.9. The Morgan fingerprint density at radius 3 is 2.29 bits per heavy atom. The predicted octanol–water partition coefficient (Wildman–Crippen LogP) is -1.26. The minimum atomic E-state index is -1.36. The van der Waals surface area contributed by atoms with Gasteiger partial charge in [-0.15, -0.1) is 0 Å². The Bertz CT molecular complexity index is 592. The highest BCUT2D eigenvalue weighted by molar-refractivity contribution is 5.88. The summed E-state index contributed by atoms with van der Waals surface area (Å²) in [6.45, 7) is 0.747. The van der Waals surface area contributed by atoms with Crippen LogP contribution in [-0.4, -0.2) is 69.5 Å². The van der Waals surface area contributed by atoms with E-state index in [0.29, 0.717) is 5.69 Å². The van der Waals surface area contributed by atoms with E-state index in [2.05, 4.69) is 10.6 Å². The molecule has 0 aromatic heterocycles. The van der Waals surface area contributed by atoms with Gasteiger partial charge in [0.1, 0.15) is 24.4 Å². The first kappa shape index (κ1) is 18.1. The van der Waals surface area contributed by atoms with Gasteiger partial charge in [-0.25, -0.2) is 4.79 Å². The van der Waals surface area contributed by atoms with Crippen LogP contribution in [0.5, 0.6) is 0 Å². The maximum atomic E-state index is 11.3. The molecule has 1 aromatic carbocycles. The standard InChI is InChI=1S/C15H20N2O7/c1-7(19)16-11-13(21)12(20)10(6-18)24-14(11)17-9-4-2-8(3-5-9)15(22)23/h2-5,10-14,17-18,20-21H,6H2,1H3,(H,16,19)(H,22,23)/t10-,11+,12+,13+,14-/m1/s1. The number of benzene rings is 1. The number of carboxylic acid groups (broad SMARTS) is 1. The molecular formula is C15H20N2O7. The normalized spacial score (nSPS) is 29.8. The second kappa shape index (κ2) is 7.58. The van der Waals surface area contributed by atoms with Gasteiger partial charge >= 0.3 is 5.97 Å². The molecular weight excluding hydrogens is 320 g/mol. The molecule has 1 amide bonds. The highest BCUT2D eigenvalue weighted by atomic mass is 16.5. The van der Waals surface area contributed by atoms with Gasteiger partial charge in [-0.05, 0) is 24.3 Å². The fraction of sp³-hybridized carbons (Fsp3) is 0.467. The number of rotatable bonds is 5. The largest absolute Gasteiger partial charge is 0.478 e. The number of nitrogens with one attached hydrogen (secondary N) is 2. The Hall–Kier alpha value is -2.20. The minimum absolute atomic E-state index is 0.104. The molecule has 0 radical (unpaired) electrons. The Labute approximate surface area is 137 Å². The fourth-order valence-corrected chi connectivity index (χ4v) is 2.51. The van der Waals surface area contributed by atoms with Gasteiger partial charge in [0.2, 0.25) is 5.91 Å². The number of hydrogen-bond donors (Lipinski definition) is 6.